The van der Waals surface area contributed by atoms with Crippen molar-refractivity contribution in [3.05, 3.63) is 24.3 Å². The monoisotopic (exact) mass is 886 g/mol. The van der Waals surface area contributed by atoms with Crippen molar-refractivity contribution in [2.75, 3.05) is 13.2 Å². The molecule has 0 aromatic carbocycles. The maximum absolute atomic E-state index is 12.9. The van der Waals surface area contributed by atoms with Gasteiger partial charge in [0.15, 0.2) is 6.10 Å². The Morgan fingerprint density at radius 3 is 1.39 bits per heavy atom. The van der Waals surface area contributed by atoms with Crippen LogP contribution in [0.3, 0.4) is 0 Å². The Labute approximate surface area is 352 Å². The van der Waals surface area contributed by atoms with E-state index >= 15 is 0 Å². The fraction of sp³-hybridized carbons (Fsp3) is 0.854. The number of carbonyl (C=O) groups excluding carboxylic acids is 2. The number of hydrogen-bond donors (Lipinski definition) is 7. The minimum atomic E-state index is -5.36. The molecule has 0 amide bonds. The van der Waals surface area contributed by atoms with Gasteiger partial charge in [-0.2, -0.15) is 0 Å². The molecule has 0 aromatic rings. The third kappa shape index (κ3) is 27.9. The summed E-state index contributed by atoms with van der Waals surface area (Å²) >= 11 is 0. The van der Waals surface area contributed by atoms with Gasteiger partial charge in [-0.3, -0.25) is 23.2 Å². The standard InChI is InChI=1S/C41H76O16P2/c1-3-5-7-9-11-13-15-17-19-21-23-25-27-29-34(42)53-31-33(55-35(43)30-28-26-24-22-20-18-16-14-12-10-8-6-4-2)32-54-59(51,52)57-41-38(46)36(44)37(45)40(39(41)47)56-58(48,49)50/h13-16,33,36-41,44-47H,3-12,17-32H2,1-2H3,(H,51,52)(H2,48,49,50)/t33-,36?,37?,38?,39?,40-,41+/m1/s1. The van der Waals surface area contributed by atoms with E-state index in [2.05, 4.69) is 42.7 Å². The van der Waals surface area contributed by atoms with Crippen LogP contribution >= 0.6 is 15.6 Å². The smallest absolute Gasteiger partial charge is 0.462 e. The minimum absolute atomic E-state index is 0.0335. The Hall–Kier alpha value is -1.52. The summed E-state index contributed by atoms with van der Waals surface area (Å²) in [5.41, 5.74) is 0. The molecule has 1 fully saturated rings. The highest BCUT2D eigenvalue weighted by Crippen LogP contribution is 2.49. The van der Waals surface area contributed by atoms with Crippen LogP contribution in [0.5, 0.6) is 0 Å². The molecule has 59 heavy (non-hydrogen) atoms. The number of hydrogen-bond acceptors (Lipinski definition) is 13. The predicted octanol–water partition coefficient (Wildman–Crippen LogP) is 7.39. The van der Waals surface area contributed by atoms with Crippen molar-refractivity contribution >= 4 is 27.6 Å². The average Bonchev–Trinajstić information content (AvgIpc) is 3.18. The van der Waals surface area contributed by atoms with Gasteiger partial charge in [0.05, 0.1) is 6.61 Å². The van der Waals surface area contributed by atoms with Crippen LogP contribution in [-0.4, -0.2) is 103 Å². The third-order valence-electron chi connectivity index (χ3n) is 10.00. The normalized spacial score (nSPS) is 22.8. The Morgan fingerprint density at radius 1 is 0.525 bits per heavy atom. The highest BCUT2D eigenvalue weighted by atomic mass is 31.2. The van der Waals surface area contributed by atoms with Crippen LogP contribution in [0.4, 0.5) is 0 Å². The molecule has 0 aromatic heterocycles. The molecule has 0 heterocycles. The first-order valence-corrected chi connectivity index (χ1v) is 24.9. The van der Waals surface area contributed by atoms with Crippen LogP contribution in [0, 0.1) is 0 Å². The lowest BCUT2D eigenvalue weighted by molar-refractivity contribution is -0.216. The maximum atomic E-state index is 12.9. The lowest BCUT2D eigenvalue weighted by atomic mass is 9.85. The van der Waals surface area contributed by atoms with Gasteiger partial charge >= 0.3 is 27.6 Å². The van der Waals surface area contributed by atoms with Gasteiger partial charge in [-0.25, -0.2) is 9.13 Å². The van der Waals surface area contributed by atoms with E-state index in [1.54, 1.807) is 0 Å². The van der Waals surface area contributed by atoms with E-state index in [1.807, 2.05) is 0 Å². The molecule has 8 atom stereocenters. The van der Waals surface area contributed by atoms with E-state index in [9.17, 15) is 44.0 Å². The third-order valence-corrected chi connectivity index (χ3v) is 11.5. The highest BCUT2D eigenvalue weighted by Gasteiger charge is 2.54. The van der Waals surface area contributed by atoms with E-state index < -0.39 is 83.5 Å². The number of ether oxygens (including phenoxy) is 2. The zero-order valence-corrected chi connectivity index (χ0v) is 37.2. The first kappa shape index (κ1) is 55.5. The molecular weight excluding hydrogens is 810 g/mol. The summed E-state index contributed by atoms with van der Waals surface area (Å²) in [7, 11) is -10.7. The van der Waals surface area contributed by atoms with Crippen molar-refractivity contribution in [1.82, 2.24) is 0 Å². The lowest BCUT2D eigenvalue weighted by Crippen LogP contribution is -2.64. The summed E-state index contributed by atoms with van der Waals surface area (Å²) in [6, 6.07) is 0. The molecule has 18 heteroatoms. The van der Waals surface area contributed by atoms with Crippen molar-refractivity contribution in [3.63, 3.8) is 0 Å². The number of unbranched alkanes of at least 4 members (excludes halogenated alkanes) is 18. The van der Waals surface area contributed by atoms with Gasteiger partial charge in [0.1, 0.15) is 43.2 Å². The van der Waals surface area contributed by atoms with Crippen LogP contribution in [0.1, 0.15) is 168 Å². The first-order valence-electron chi connectivity index (χ1n) is 21.9. The molecular formula is C41H76O16P2. The summed E-state index contributed by atoms with van der Waals surface area (Å²) in [4.78, 5) is 54.1. The molecule has 0 radical (unpaired) electrons. The SMILES string of the molecule is CCCCCCC=CCCCCCCCC(=O)OC[C@H](COP(=O)(O)O[C@H]1C(O)C(O)C(O)[C@@H](OP(=O)(O)O)C1O)OC(=O)CCCCCCCC=CCCCCCC. The van der Waals surface area contributed by atoms with E-state index in [-0.39, 0.29) is 12.8 Å². The van der Waals surface area contributed by atoms with Gasteiger partial charge in [-0.1, -0.05) is 115 Å². The Balaban J connectivity index is 2.65. The molecule has 1 rings (SSSR count). The van der Waals surface area contributed by atoms with Crippen molar-refractivity contribution in [1.29, 1.82) is 0 Å². The summed E-state index contributed by atoms with van der Waals surface area (Å²) in [5, 5.41) is 41.1. The van der Waals surface area contributed by atoms with Gasteiger partial charge in [0, 0.05) is 12.8 Å². The van der Waals surface area contributed by atoms with Crippen LogP contribution < -0.4 is 0 Å². The fourth-order valence-electron chi connectivity index (χ4n) is 6.54. The second-order valence-corrected chi connectivity index (χ2v) is 18.0. The minimum Gasteiger partial charge on any atom is -0.462 e. The molecule has 0 saturated heterocycles. The number of carbonyl (C=O) groups is 2. The molecule has 1 saturated carbocycles. The van der Waals surface area contributed by atoms with Crippen molar-refractivity contribution < 1.29 is 76.9 Å². The zero-order valence-electron chi connectivity index (χ0n) is 35.4. The molecule has 5 unspecified atom stereocenters. The summed E-state index contributed by atoms with van der Waals surface area (Å²) in [5.74, 6) is -1.22. The van der Waals surface area contributed by atoms with Crippen LogP contribution in [0.25, 0.3) is 0 Å². The summed E-state index contributed by atoms with van der Waals surface area (Å²) in [6.07, 6.45) is 17.2. The van der Waals surface area contributed by atoms with Crippen molar-refractivity contribution in [3.8, 4) is 0 Å². The summed E-state index contributed by atoms with van der Waals surface area (Å²) in [6.45, 7) is 3.04. The number of aliphatic hydroxyl groups excluding tert-OH is 4. The Morgan fingerprint density at radius 2 is 0.932 bits per heavy atom. The van der Waals surface area contributed by atoms with Crippen molar-refractivity contribution in [2.24, 2.45) is 0 Å². The molecule has 0 bridgehead atoms. The fourth-order valence-corrected chi connectivity index (χ4v) is 8.08. The number of allylic oxidation sites excluding steroid dienone is 4. The zero-order chi connectivity index (χ0) is 43.9. The second-order valence-electron chi connectivity index (χ2n) is 15.4. The molecule has 1 aliphatic carbocycles. The number of esters is 2. The van der Waals surface area contributed by atoms with Gasteiger partial charge in [-0.15, -0.1) is 0 Å². The van der Waals surface area contributed by atoms with E-state index in [1.165, 1.54) is 51.4 Å². The number of aliphatic hydroxyl groups is 4. The Kier molecular flexibility index (Phi) is 31.1. The topological polar surface area (TPSA) is 256 Å². The lowest BCUT2D eigenvalue weighted by Gasteiger charge is -2.43. The highest BCUT2D eigenvalue weighted by molar-refractivity contribution is 7.47. The quantitative estimate of drug-likeness (QED) is 0.0140. The van der Waals surface area contributed by atoms with E-state index in [0.717, 1.165) is 77.0 Å². The average molecular weight is 887 g/mol. The van der Waals surface area contributed by atoms with Crippen LogP contribution in [0.15, 0.2) is 24.3 Å². The van der Waals surface area contributed by atoms with Crippen LogP contribution in [0.2, 0.25) is 0 Å². The largest absolute Gasteiger partial charge is 0.472 e. The molecule has 346 valence electrons. The molecule has 1 aliphatic rings. The summed E-state index contributed by atoms with van der Waals surface area (Å²) < 4.78 is 49.2. The predicted molar refractivity (Wildman–Crippen MR) is 223 cm³/mol. The van der Waals surface area contributed by atoms with E-state index in [0.29, 0.717) is 12.8 Å². The Bertz CT molecular complexity index is 1260. The molecule has 0 spiro atoms. The van der Waals surface area contributed by atoms with Crippen LogP contribution in [-0.2, 0) is 41.8 Å². The molecule has 7 N–H and O–H groups in total. The van der Waals surface area contributed by atoms with Gasteiger partial charge < -0.3 is 44.6 Å². The van der Waals surface area contributed by atoms with Gasteiger partial charge in [0.25, 0.3) is 0 Å². The molecule has 0 aliphatic heterocycles. The second kappa shape index (κ2) is 33.1. The number of phosphoric ester groups is 2. The van der Waals surface area contributed by atoms with Gasteiger partial charge in [0.2, 0.25) is 0 Å². The van der Waals surface area contributed by atoms with Crippen molar-refractivity contribution in [2.45, 2.75) is 211 Å². The first-order chi connectivity index (χ1) is 28.1. The number of phosphoric acid groups is 2. The molecule has 16 nitrogen and oxygen atoms in total. The number of rotatable bonds is 36. The van der Waals surface area contributed by atoms with Gasteiger partial charge in [-0.05, 0) is 64.2 Å². The van der Waals surface area contributed by atoms with E-state index in [4.69, 9.17) is 28.3 Å². The maximum Gasteiger partial charge on any atom is 0.472 e.